The maximum Gasteiger partial charge on any atom is 0.242 e. The molecule has 3 aromatic carbocycles. The molecule has 0 aliphatic heterocycles. The summed E-state index contributed by atoms with van der Waals surface area (Å²) in [4.78, 5) is 21.4. The van der Waals surface area contributed by atoms with Gasteiger partial charge in [-0.05, 0) is 42.0 Å². The van der Waals surface area contributed by atoms with Crippen LogP contribution in [-0.2, 0) is 4.79 Å². The van der Waals surface area contributed by atoms with Gasteiger partial charge in [-0.1, -0.05) is 42.5 Å². The van der Waals surface area contributed by atoms with Gasteiger partial charge in [-0.25, -0.2) is 4.98 Å². The number of rotatable bonds is 5. The molecular weight excluding hydrogens is 366 g/mol. The molecule has 0 spiro atoms. The Bertz CT molecular complexity index is 1100. The average Bonchev–Trinajstić information content (AvgIpc) is 3.16. The summed E-state index contributed by atoms with van der Waals surface area (Å²) >= 11 is 1.65. The Balaban J connectivity index is 1.48. The highest BCUT2D eigenvalue weighted by molar-refractivity contribution is 7.18. The van der Waals surface area contributed by atoms with E-state index in [2.05, 4.69) is 36.4 Å². The van der Waals surface area contributed by atoms with E-state index >= 15 is 0 Å². The van der Waals surface area contributed by atoms with Gasteiger partial charge in [0.2, 0.25) is 5.91 Å². The maximum atomic E-state index is 12.9. The Kier molecular flexibility index (Phi) is 5.01. The second-order valence-corrected chi connectivity index (χ2v) is 8.15. The fourth-order valence-corrected chi connectivity index (χ4v) is 4.33. The number of likely N-dealkylation sites (N-methyl/N-ethyl adjacent to an activating group) is 2. The average molecular weight is 390 g/mol. The Morgan fingerprint density at radius 3 is 2.50 bits per heavy atom. The SMILES string of the molecule is C[C@H](c1nc2ccccc2s1)N(C)C(=O)CN(C)c1ccc2ccccc2c1. The molecule has 4 nitrogen and oxygen atoms in total. The van der Waals surface area contributed by atoms with Crippen molar-refractivity contribution in [2.24, 2.45) is 0 Å². The van der Waals surface area contributed by atoms with Gasteiger partial charge in [-0.2, -0.15) is 0 Å². The van der Waals surface area contributed by atoms with Crippen LogP contribution in [0, 0.1) is 0 Å². The predicted octanol–water partition coefficient (Wildman–Crippen LogP) is 5.11. The van der Waals surface area contributed by atoms with Gasteiger partial charge in [-0.3, -0.25) is 4.79 Å². The molecule has 142 valence electrons. The standard InChI is InChI=1S/C23H23N3OS/c1-16(23-24-20-10-6-7-11-21(20)28-23)26(3)22(27)15-25(2)19-13-12-17-8-4-5-9-18(17)14-19/h4-14,16H,15H2,1-3H3/t16-/m1/s1. The zero-order valence-electron chi connectivity index (χ0n) is 16.3. The minimum Gasteiger partial charge on any atom is -0.365 e. The normalized spacial score (nSPS) is 12.2. The molecule has 5 heteroatoms. The van der Waals surface area contributed by atoms with E-state index in [1.54, 1.807) is 16.2 Å². The molecule has 1 aromatic heterocycles. The number of benzene rings is 3. The number of carbonyl (C=O) groups excluding carboxylic acids is 1. The molecule has 0 radical (unpaired) electrons. The number of aromatic nitrogens is 1. The summed E-state index contributed by atoms with van der Waals surface area (Å²) in [6, 6.07) is 22.6. The molecule has 0 bridgehead atoms. The van der Waals surface area contributed by atoms with Crippen LogP contribution in [0.15, 0.2) is 66.7 Å². The van der Waals surface area contributed by atoms with E-state index in [-0.39, 0.29) is 11.9 Å². The minimum atomic E-state index is -0.0603. The monoisotopic (exact) mass is 389 g/mol. The topological polar surface area (TPSA) is 36.4 Å². The molecule has 0 fully saturated rings. The van der Waals surface area contributed by atoms with Crippen molar-refractivity contribution in [3.05, 3.63) is 71.7 Å². The first-order chi connectivity index (χ1) is 13.5. The lowest BCUT2D eigenvalue weighted by atomic mass is 10.1. The summed E-state index contributed by atoms with van der Waals surface area (Å²) in [5.74, 6) is 0.0717. The molecule has 1 heterocycles. The van der Waals surface area contributed by atoms with Gasteiger partial charge in [0.05, 0.1) is 22.8 Å². The van der Waals surface area contributed by atoms with Gasteiger partial charge in [0.1, 0.15) is 5.01 Å². The molecule has 0 saturated carbocycles. The van der Waals surface area contributed by atoms with Crippen LogP contribution in [-0.4, -0.2) is 36.4 Å². The van der Waals surface area contributed by atoms with E-state index in [1.807, 2.05) is 56.3 Å². The zero-order valence-corrected chi connectivity index (χ0v) is 17.1. The maximum absolute atomic E-state index is 12.9. The van der Waals surface area contributed by atoms with Crippen LogP contribution in [0.1, 0.15) is 18.0 Å². The van der Waals surface area contributed by atoms with Crippen LogP contribution in [0.4, 0.5) is 5.69 Å². The van der Waals surface area contributed by atoms with Crippen molar-refractivity contribution in [3.63, 3.8) is 0 Å². The highest BCUT2D eigenvalue weighted by atomic mass is 32.1. The van der Waals surface area contributed by atoms with Crippen LogP contribution < -0.4 is 4.90 Å². The lowest BCUT2D eigenvalue weighted by molar-refractivity contribution is -0.130. The van der Waals surface area contributed by atoms with E-state index in [1.165, 1.54) is 10.8 Å². The lowest BCUT2D eigenvalue weighted by Gasteiger charge is -2.27. The number of fused-ring (bicyclic) bond motifs is 2. The van der Waals surface area contributed by atoms with Crippen molar-refractivity contribution >= 4 is 43.9 Å². The molecule has 28 heavy (non-hydrogen) atoms. The first-order valence-electron chi connectivity index (χ1n) is 9.34. The van der Waals surface area contributed by atoms with Gasteiger partial charge < -0.3 is 9.80 Å². The third-order valence-corrected chi connectivity index (χ3v) is 6.40. The van der Waals surface area contributed by atoms with E-state index in [9.17, 15) is 4.79 Å². The first kappa shape index (κ1) is 18.4. The van der Waals surface area contributed by atoms with Crippen molar-refractivity contribution in [1.82, 2.24) is 9.88 Å². The van der Waals surface area contributed by atoms with E-state index in [0.29, 0.717) is 6.54 Å². The van der Waals surface area contributed by atoms with Gasteiger partial charge >= 0.3 is 0 Å². The summed E-state index contributed by atoms with van der Waals surface area (Å²) in [7, 11) is 3.81. The number of thiazole rings is 1. The molecule has 1 atom stereocenters. The Morgan fingerprint density at radius 2 is 1.71 bits per heavy atom. The van der Waals surface area contributed by atoms with Crippen molar-refractivity contribution < 1.29 is 4.79 Å². The molecule has 0 aliphatic carbocycles. The number of carbonyl (C=O) groups is 1. The highest BCUT2D eigenvalue weighted by Gasteiger charge is 2.21. The number of nitrogens with zero attached hydrogens (tertiary/aromatic N) is 3. The molecule has 0 N–H and O–H groups in total. The lowest BCUT2D eigenvalue weighted by Crippen LogP contribution is -2.38. The number of para-hydroxylation sites is 1. The van der Waals surface area contributed by atoms with Crippen molar-refractivity contribution in [1.29, 1.82) is 0 Å². The van der Waals surface area contributed by atoms with Crippen molar-refractivity contribution in [3.8, 4) is 0 Å². The third-order valence-electron chi connectivity index (χ3n) is 5.19. The molecule has 0 unspecified atom stereocenters. The number of hydrogen-bond acceptors (Lipinski definition) is 4. The minimum absolute atomic E-state index is 0.0603. The second-order valence-electron chi connectivity index (χ2n) is 7.09. The van der Waals surface area contributed by atoms with Gasteiger partial charge in [0.25, 0.3) is 0 Å². The van der Waals surface area contributed by atoms with Crippen molar-refractivity contribution in [2.75, 3.05) is 25.5 Å². The van der Waals surface area contributed by atoms with Gasteiger partial charge in [0, 0.05) is 19.8 Å². The van der Waals surface area contributed by atoms with Crippen LogP contribution in [0.25, 0.3) is 21.0 Å². The molecule has 0 saturated heterocycles. The Labute approximate surface area is 169 Å². The molecule has 1 amide bonds. The number of anilines is 1. The first-order valence-corrected chi connectivity index (χ1v) is 10.2. The number of hydrogen-bond donors (Lipinski definition) is 0. The zero-order chi connectivity index (χ0) is 19.7. The Morgan fingerprint density at radius 1 is 1.00 bits per heavy atom. The fraction of sp³-hybridized carbons (Fsp3) is 0.217. The van der Waals surface area contributed by atoms with E-state index in [0.717, 1.165) is 20.9 Å². The largest absolute Gasteiger partial charge is 0.365 e. The van der Waals surface area contributed by atoms with Crippen LogP contribution in [0.3, 0.4) is 0 Å². The summed E-state index contributed by atoms with van der Waals surface area (Å²) in [6.07, 6.45) is 0. The summed E-state index contributed by atoms with van der Waals surface area (Å²) < 4.78 is 1.15. The fourth-order valence-electron chi connectivity index (χ4n) is 3.27. The summed E-state index contributed by atoms with van der Waals surface area (Å²) in [5, 5.41) is 3.34. The predicted molar refractivity (Wildman–Crippen MR) is 118 cm³/mol. The number of amides is 1. The van der Waals surface area contributed by atoms with Gasteiger partial charge in [0.15, 0.2) is 0 Å². The quantitative estimate of drug-likeness (QED) is 0.476. The summed E-state index contributed by atoms with van der Waals surface area (Å²) in [6.45, 7) is 2.36. The molecule has 0 aliphatic rings. The third kappa shape index (κ3) is 3.58. The van der Waals surface area contributed by atoms with E-state index in [4.69, 9.17) is 4.98 Å². The van der Waals surface area contributed by atoms with Crippen LogP contribution in [0.5, 0.6) is 0 Å². The highest BCUT2D eigenvalue weighted by Crippen LogP contribution is 2.29. The smallest absolute Gasteiger partial charge is 0.242 e. The van der Waals surface area contributed by atoms with Crippen LogP contribution >= 0.6 is 11.3 Å². The Hall–Kier alpha value is -2.92. The van der Waals surface area contributed by atoms with E-state index < -0.39 is 0 Å². The van der Waals surface area contributed by atoms with Crippen LogP contribution in [0.2, 0.25) is 0 Å². The van der Waals surface area contributed by atoms with Gasteiger partial charge in [-0.15, -0.1) is 11.3 Å². The molecule has 4 aromatic rings. The summed E-state index contributed by atoms with van der Waals surface area (Å²) in [5.41, 5.74) is 2.02. The molecular formula is C23H23N3OS. The van der Waals surface area contributed by atoms with Crippen molar-refractivity contribution in [2.45, 2.75) is 13.0 Å². The molecule has 4 rings (SSSR count). The second kappa shape index (κ2) is 7.60.